The molecule has 0 aromatic carbocycles. The molecule has 6 nitrogen and oxygen atoms in total. The molecule has 0 bridgehead atoms. The molecule has 2 heterocycles. The third kappa shape index (κ3) is 1.39. The standard InChI is InChI=1S/C8H10N4O2S/c1-4-9-10-8(15)12(4)5-3-6(13)11(2)7(5)14/h5H,3H2,1-2H3,(H,10,15). The highest BCUT2D eigenvalue weighted by atomic mass is 32.1. The minimum absolute atomic E-state index is 0.157. The second-order valence-electron chi connectivity index (χ2n) is 3.46. The maximum Gasteiger partial charge on any atom is 0.252 e. The normalized spacial score (nSPS) is 21.5. The lowest BCUT2D eigenvalue weighted by Crippen LogP contribution is -2.27. The molecule has 7 heteroatoms. The van der Waals surface area contributed by atoms with E-state index in [1.54, 1.807) is 11.5 Å². The molecule has 0 spiro atoms. The van der Waals surface area contributed by atoms with Gasteiger partial charge in [0, 0.05) is 7.05 Å². The predicted molar refractivity (Wildman–Crippen MR) is 53.6 cm³/mol. The van der Waals surface area contributed by atoms with Crippen LogP contribution in [0.25, 0.3) is 0 Å². The molecule has 1 fully saturated rings. The van der Waals surface area contributed by atoms with E-state index in [-0.39, 0.29) is 18.2 Å². The molecular formula is C8H10N4O2S. The van der Waals surface area contributed by atoms with Crippen LogP contribution in [-0.4, -0.2) is 38.5 Å². The van der Waals surface area contributed by atoms with Gasteiger partial charge in [0.2, 0.25) is 5.91 Å². The SMILES string of the molecule is Cc1n[nH]c(=S)n1C1CC(=O)N(C)C1=O. The van der Waals surface area contributed by atoms with E-state index in [4.69, 9.17) is 12.2 Å². The fourth-order valence-electron chi connectivity index (χ4n) is 1.69. The minimum Gasteiger partial charge on any atom is -0.291 e. The van der Waals surface area contributed by atoms with Crippen LogP contribution in [0.1, 0.15) is 18.3 Å². The van der Waals surface area contributed by atoms with Crippen LogP contribution in [0.15, 0.2) is 0 Å². The van der Waals surface area contributed by atoms with Crippen LogP contribution in [0.4, 0.5) is 0 Å². The van der Waals surface area contributed by atoms with E-state index < -0.39 is 6.04 Å². The first-order chi connectivity index (χ1) is 7.02. The lowest BCUT2D eigenvalue weighted by Gasteiger charge is -2.10. The summed E-state index contributed by atoms with van der Waals surface area (Å²) in [6.07, 6.45) is 0.157. The number of aryl methyl sites for hydroxylation is 1. The average Bonchev–Trinajstić information content (AvgIpc) is 2.63. The van der Waals surface area contributed by atoms with E-state index in [2.05, 4.69) is 10.2 Å². The smallest absolute Gasteiger partial charge is 0.252 e. The third-order valence-corrected chi connectivity index (χ3v) is 2.84. The number of hydrogen-bond donors (Lipinski definition) is 1. The Morgan fingerprint density at radius 1 is 1.53 bits per heavy atom. The predicted octanol–water partition coefficient (Wildman–Crippen LogP) is 0.179. The molecule has 1 aliphatic heterocycles. The van der Waals surface area contributed by atoms with Crippen LogP contribution in [-0.2, 0) is 9.59 Å². The Labute approximate surface area is 90.9 Å². The van der Waals surface area contributed by atoms with Crippen molar-refractivity contribution in [1.82, 2.24) is 19.7 Å². The number of aromatic nitrogens is 3. The topological polar surface area (TPSA) is 71.0 Å². The molecule has 1 aromatic rings. The molecule has 2 rings (SSSR count). The van der Waals surface area contributed by atoms with E-state index in [1.165, 1.54) is 7.05 Å². The van der Waals surface area contributed by atoms with E-state index in [9.17, 15) is 9.59 Å². The molecule has 15 heavy (non-hydrogen) atoms. The lowest BCUT2D eigenvalue weighted by molar-refractivity contribution is -0.137. The number of nitrogens with zero attached hydrogens (tertiary/aromatic N) is 3. The Morgan fingerprint density at radius 2 is 2.20 bits per heavy atom. The van der Waals surface area contributed by atoms with E-state index >= 15 is 0 Å². The number of rotatable bonds is 1. The fourth-order valence-corrected chi connectivity index (χ4v) is 1.99. The first-order valence-corrected chi connectivity index (χ1v) is 4.87. The van der Waals surface area contributed by atoms with Gasteiger partial charge in [0.1, 0.15) is 11.9 Å². The fraction of sp³-hybridized carbons (Fsp3) is 0.500. The number of amides is 2. The quantitative estimate of drug-likeness (QED) is 0.547. The van der Waals surface area contributed by atoms with Crippen molar-refractivity contribution in [2.75, 3.05) is 7.05 Å². The summed E-state index contributed by atoms with van der Waals surface area (Å²) in [5, 5.41) is 6.51. The Hall–Kier alpha value is -1.50. The molecule has 1 atom stereocenters. The van der Waals surface area contributed by atoms with Gasteiger partial charge in [-0.25, -0.2) is 0 Å². The van der Waals surface area contributed by atoms with Crippen molar-refractivity contribution in [1.29, 1.82) is 0 Å². The van der Waals surface area contributed by atoms with E-state index in [0.717, 1.165) is 4.90 Å². The highest BCUT2D eigenvalue weighted by Crippen LogP contribution is 2.24. The average molecular weight is 226 g/mol. The lowest BCUT2D eigenvalue weighted by atomic mass is 10.2. The van der Waals surface area contributed by atoms with Crippen molar-refractivity contribution in [3.63, 3.8) is 0 Å². The zero-order chi connectivity index (χ0) is 11.2. The van der Waals surface area contributed by atoms with Gasteiger partial charge in [-0.15, -0.1) is 0 Å². The first-order valence-electron chi connectivity index (χ1n) is 4.46. The van der Waals surface area contributed by atoms with Gasteiger partial charge >= 0.3 is 0 Å². The molecular weight excluding hydrogens is 216 g/mol. The van der Waals surface area contributed by atoms with Crippen LogP contribution < -0.4 is 0 Å². The number of carbonyl (C=O) groups is 2. The van der Waals surface area contributed by atoms with Gasteiger partial charge in [-0.05, 0) is 19.1 Å². The van der Waals surface area contributed by atoms with Crippen molar-refractivity contribution in [3.8, 4) is 0 Å². The second-order valence-corrected chi connectivity index (χ2v) is 3.84. The van der Waals surface area contributed by atoms with E-state index in [0.29, 0.717) is 10.6 Å². The summed E-state index contributed by atoms with van der Waals surface area (Å²) in [5.41, 5.74) is 0. The Kier molecular flexibility index (Phi) is 2.18. The minimum atomic E-state index is -0.534. The van der Waals surface area contributed by atoms with Gasteiger partial charge < -0.3 is 0 Å². The van der Waals surface area contributed by atoms with Gasteiger partial charge in [-0.1, -0.05) is 0 Å². The number of carbonyl (C=O) groups excluding carboxylic acids is 2. The molecule has 1 saturated heterocycles. The number of H-pyrrole nitrogens is 1. The van der Waals surface area contributed by atoms with Gasteiger partial charge in [-0.3, -0.25) is 24.2 Å². The molecule has 0 saturated carbocycles. The summed E-state index contributed by atoms with van der Waals surface area (Å²) in [5.74, 6) is 0.189. The summed E-state index contributed by atoms with van der Waals surface area (Å²) in [4.78, 5) is 24.2. The molecule has 1 unspecified atom stereocenters. The summed E-state index contributed by atoms with van der Waals surface area (Å²) < 4.78 is 1.95. The molecule has 0 aliphatic carbocycles. The van der Waals surface area contributed by atoms with Crippen molar-refractivity contribution in [2.24, 2.45) is 0 Å². The van der Waals surface area contributed by atoms with Crippen molar-refractivity contribution >= 4 is 24.0 Å². The molecule has 1 aliphatic rings. The van der Waals surface area contributed by atoms with Crippen molar-refractivity contribution in [3.05, 3.63) is 10.6 Å². The number of likely N-dealkylation sites (tertiary alicyclic amines) is 1. The van der Waals surface area contributed by atoms with Gasteiger partial charge in [-0.2, -0.15) is 5.10 Å². The Bertz CT molecular complexity index is 489. The summed E-state index contributed by atoms with van der Waals surface area (Å²) in [6.45, 7) is 1.74. The van der Waals surface area contributed by atoms with Crippen molar-refractivity contribution < 1.29 is 9.59 Å². The van der Waals surface area contributed by atoms with Crippen LogP contribution in [0.2, 0.25) is 0 Å². The van der Waals surface area contributed by atoms with Gasteiger partial charge in [0.15, 0.2) is 4.77 Å². The highest BCUT2D eigenvalue weighted by molar-refractivity contribution is 7.71. The van der Waals surface area contributed by atoms with Crippen LogP contribution in [0.5, 0.6) is 0 Å². The first kappa shape index (κ1) is 10.0. The number of imide groups is 1. The molecule has 80 valence electrons. The van der Waals surface area contributed by atoms with Crippen LogP contribution in [0, 0.1) is 11.7 Å². The monoisotopic (exact) mass is 226 g/mol. The maximum absolute atomic E-state index is 11.7. The third-order valence-electron chi connectivity index (χ3n) is 2.55. The largest absolute Gasteiger partial charge is 0.291 e. The zero-order valence-electron chi connectivity index (χ0n) is 8.35. The van der Waals surface area contributed by atoms with Gasteiger partial charge in [0.05, 0.1) is 6.42 Å². The Morgan fingerprint density at radius 3 is 2.60 bits per heavy atom. The number of nitrogens with one attached hydrogen (secondary N) is 1. The van der Waals surface area contributed by atoms with Crippen LogP contribution in [0.3, 0.4) is 0 Å². The second kappa shape index (κ2) is 3.27. The zero-order valence-corrected chi connectivity index (χ0v) is 9.17. The highest BCUT2D eigenvalue weighted by Gasteiger charge is 2.38. The number of hydrogen-bond acceptors (Lipinski definition) is 4. The van der Waals surface area contributed by atoms with Crippen molar-refractivity contribution in [2.45, 2.75) is 19.4 Å². The number of aromatic amines is 1. The van der Waals surface area contributed by atoms with Gasteiger partial charge in [0.25, 0.3) is 5.91 Å². The number of likely N-dealkylation sites (N-methyl/N-ethyl adjacent to an activating group) is 1. The molecule has 1 aromatic heterocycles. The van der Waals surface area contributed by atoms with E-state index in [1.807, 2.05) is 0 Å². The van der Waals surface area contributed by atoms with Crippen LogP contribution >= 0.6 is 12.2 Å². The Balaban J connectivity index is 2.46. The maximum atomic E-state index is 11.7. The summed E-state index contributed by atoms with van der Waals surface area (Å²) in [6, 6.07) is -0.534. The molecule has 2 amide bonds. The summed E-state index contributed by atoms with van der Waals surface area (Å²) >= 11 is 5.00. The molecule has 0 radical (unpaired) electrons. The summed E-state index contributed by atoms with van der Waals surface area (Å²) in [7, 11) is 1.48. The molecule has 1 N–H and O–H groups in total.